The number of carbonyl (C=O) groups excluding carboxylic acids is 1. The predicted octanol–water partition coefficient (Wildman–Crippen LogP) is 0.705. The number of hydrogen-bond acceptors (Lipinski definition) is 3. The van der Waals surface area contributed by atoms with Crippen molar-refractivity contribution in [1.29, 1.82) is 0 Å². The monoisotopic (exact) mass is 193 g/mol. The van der Waals surface area contributed by atoms with E-state index in [0.29, 0.717) is 0 Å². The molecule has 1 aromatic rings. The molecule has 0 heterocycles. The Bertz CT molecular complexity index is 336. The smallest absolute Gasteiger partial charge is 0.239 e. The summed E-state index contributed by atoms with van der Waals surface area (Å²) in [4.78, 5) is 11.2. The lowest BCUT2D eigenvalue weighted by atomic mass is 10.1. The molecule has 0 atom stereocenters. The van der Waals surface area contributed by atoms with Gasteiger partial charge in [-0.05, 0) is 25.5 Å². The molecule has 0 fully saturated rings. The van der Waals surface area contributed by atoms with Gasteiger partial charge in [-0.25, -0.2) is 0 Å². The standard InChI is InChI=1S/C10H15N3O/c1-7-3-4-9(8(2)5-7)13-10(14)6-12-11/h3-5,12H,6,11H2,1-2H3,(H,13,14). The van der Waals surface area contributed by atoms with Gasteiger partial charge >= 0.3 is 0 Å². The van der Waals surface area contributed by atoms with Crippen molar-refractivity contribution in [3.8, 4) is 0 Å². The van der Waals surface area contributed by atoms with Crippen molar-refractivity contribution in [2.24, 2.45) is 5.84 Å². The van der Waals surface area contributed by atoms with Gasteiger partial charge in [-0.2, -0.15) is 0 Å². The Balaban J connectivity index is 2.72. The first-order chi connectivity index (χ1) is 6.63. The lowest BCUT2D eigenvalue weighted by Gasteiger charge is -2.08. The maximum Gasteiger partial charge on any atom is 0.239 e. The highest BCUT2D eigenvalue weighted by Gasteiger charge is 2.02. The lowest BCUT2D eigenvalue weighted by molar-refractivity contribution is -0.115. The average Bonchev–Trinajstić information content (AvgIpc) is 2.10. The van der Waals surface area contributed by atoms with Gasteiger partial charge in [-0.15, -0.1) is 0 Å². The number of nitrogens with two attached hydrogens (primary N) is 1. The molecule has 4 heteroatoms. The Morgan fingerprint density at radius 3 is 2.71 bits per heavy atom. The van der Waals surface area contributed by atoms with Crippen LogP contribution in [0, 0.1) is 13.8 Å². The van der Waals surface area contributed by atoms with Crippen LogP contribution in [-0.2, 0) is 4.79 Å². The maximum atomic E-state index is 11.2. The van der Waals surface area contributed by atoms with Crippen LogP contribution >= 0.6 is 0 Å². The molecule has 0 aliphatic carbocycles. The lowest BCUT2D eigenvalue weighted by Crippen LogP contribution is -2.32. The molecule has 0 bridgehead atoms. The summed E-state index contributed by atoms with van der Waals surface area (Å²) >= 11 is 0. The van der Waals surface area contributed by atoms with E-state index in [1.54, 1.807) is 0 Å². The van der Waals surface area contributed by atoms with E-state index in [1.165, 1.54) is 5.56 Å². The van der Waals surface area contributed by atoms with Gasteiger partial charge in [0.1, 0.15) is 0 Å². The van der Waals surface area contributed by atoms with Gasteiger partial charge in [-0.1, -0.05) is 17.7 Å². The Morgan fingerprint density at radius 2 is 2.14 bits per heavy atom. The third-order valence-electron chi connectivity index (χ3n) is 1.92. The van der Waals surface area contributed by atoms with Gasteiger partial charge < -0.3 is 5.32 Å². The van der Waals surface area contributed by atoms with E-state index in [4.69, 9.17) is 5.84 Å². The van der Waals surface area contributed by atoms with Crippen LogP contribution in [0.5, 0.6) is 0 Å². The number of rotatable bonds is 3. The van der Waals surface area contributed by atoms with Crippen LogP contribution in [0.4, 0.5) is 5.69 Å². The minimum absolute atomic E-state index is 0.118. The molecule has 0 aliphatic rings. The van der Waals surface area contributed by atoms with Crippen molar-refractivity contribution in [2.75, 3.05) is 11.9 Å². The number of amides is 1. The number of benzene rings is 1. The van der Waals surface area contributed by atoms with Gasteiger partial charge in [0.05, 0.1) is 6.54 Å². The van der Waals surface area contributed by atoms with Crippen LogP contribution in [0.2, 0.25) is 0 Å². The molecule has 1 aromatic carbocycles. The Hall–Kier alpha value is -1.39. The summed E-state index contributed by atoms with van der Waals surface area (Å²) in [5.41, 5.74) is 5.37. The van der Waals surface area contributed by atoms with Crippen molar-refractivity contribution in [1.82, 2.24) is 5.43 Å². The summed E-state index contributed by atoms with van der Waals surface area (Å²) in [6.45, 7) is 4.09. The number of hydrazine groups is 1. The molecule has 4 nitrogen and oxygen atoms in total. The van der Waals surface area contributed by atoms with Crippen LogP contribution in [0.25, 0.3) is 0 Å². The van der Waals surface area contributed by atoms with Crippen molar-refractivity contribution >= 4 is 11.6 Å². The van der Waals surface area contributed by atoms with Gasteiger partial charge in [0.15, 0.2) is 0 Å². The summed E-state index contributed by atoms with van der Waals surface area (Å²) in [5, 5.41) is 2.76. The van der Waals surface area contributed by atoms with Gasteiger partial charge in [0, 0.05) is 5.69 Å². The molecule has 1 rings (SSSR count). The van der Waals surface area contributed by atoms with Crippen LogP contribution in [-0.4, -0.2) is 12.5 Å². The number of hydrogen-bond donors (Lipinski definition) is 3. The molecule has 0 aliphatic heterocycles. The van der Waals surface area contributed by atoms with E-state index in [-0.39, 0.29) is 12.5 Å². The highest BCUT2D eigenvalue weighted by atomic mass is 16.2. The predicted molar refractivity (Wildman–Crippen MR) is 56.7 cm³/mol. The van der Waals surface area contributed by atoms with E-state index in [9.17, 15) is 4.79 Å². The Kier molecular flexibility index (Phi) is 3.62. The summed E-state index contributed by atoms with van der Waals surface area (Å²) in [7, 11) is 0. The summed E-state index contributed by atoms with van der Waals surface area (Å²) in [5.74, 6) is 4.90. The molecular weight excluding hydrogens is 178 g/mol. The number of aryl methyl sites for hydroxylation is 2. The molecule has 0 spiro atoms. The maximum absolute atomic E-state index is 11.2. The molecule has 14 heavy (non-hydrogen) atoms. The van der Waals surface area contributed by atoms with Crippen molar-refractivity contribution < 1.29 is 4.79 Å². The third-order valence-corrected chi connectivity index (χ3v) is 1.92. The second-order valence-electron chi connectivity index (χ2n) is 3.25. The van der Waals surface area contributed by atoms with E-state index in [1.807, 2.05) is 32.0 Å². The molecule has 0 radical (unpaired) electrons. The van der Waals surface area contributed by atoms with Crippen molar-refractivity contribution in [3.63, 3.8) is 0 Å². The second kappa shape index (κ2) is 4.74. The first-order valence-electron chi connectivity index (χ1n) is 4.44. The minimum atomic E-state index is -0.139. The molecule has 0 unspecified atom stereocenters. The van der Waals surface area contributed by atoms with E-state index in [2.05, 4.69) is 10.7 Å². The highest BCUT2D eigenvalue weighted by Crippen LogP contribution is 2.15. The van der Waals surface area contributed by atoms with Crippen LogP contribution in [0.15, 0.2) is 18.2 Å². The Morgan fingerprint density at radius 1 is 1.43 bits per heavy atom. The zero-order valence-corrected chi connectivity index (χ0v) is 8.42. The van der Waals surface area contributed by atoms with E-state index in [0.717, 1.165) is 11.3 Å². The zero-order valence-electron chi connectivity index (χ0n) is 8.42. The van der Waals surface area contributed by atoms with E-state index < -0.39 is 0 Å². The van der Waals surface area contributed by atoms with Crippen LogP contribution in [0.3, 0.4) is 0 Å². The largest absolute Gasteiger partial charge is 0.325 e. The molecule has 0 saturated carbocycles. The summed E-state index contributed by atoms with van der Waals surface area (Å²) < 4.78 is 0. The topological polar surface area (TPSA) is 67.2 Å². The molecule has 76 valence electrons. The minimum Gasteiger partial charge on any atom is -0.325 e. The quantitative estimate of drug-likeness (QED) is 0.489. The molecule has 0 saturated heterocycles. The van der Waals surface area contributed by atoms with Crippen molar-refractivity contribution in [2.45, 2.75) is 13.8 Å². The number of anilines is 1. The first kappa shape index (κ1) is 10.7. The first-order valence-corrected chi connectivity index (χ1v) is 4.44. The molecular formula is C10H15N3O. The molecule has 4 N–H and O–H groups in total. The summed E-state index contributed by atoms with van der Waals surface area (Å²) in [6.07, 6.45) is 0. The zero-order chi connectivity index (χ0) is 10.6. The highest BCUT2D eigenvalue weighted by molar-refractivity contribution is 5.92. The van der Waals surface area contributed by atoms with Crippen LogP contribution in [0.1, 0.15) is 11.1 Å². The third kappa shape index (κ3) is 2.83. The molecule has 1 amide bonds. The Labute approximate surface area is 83.5 Å². The van der Waals surface area contributed by atoms with Gasteiger partial charge in [0.2, 0.25) is 5.91 Å². The normalized spacial score (nSPS) is 9.93. The number of nitrogens with one attached hydrogen (secondary N) is 2. The molecule has 0 aromatic heterocycles. The SMILES string of the molecule is Cc1ccc(NC(=O)CNN)c(C)c1. The van der Waals surface area contributed by atoms with Crippen LogP contribution < -0.4 is 16.6 Å². The average molecular weight is 193 g/mol. The van der Waals surface area contributed by atoms with E-state index >= 15 is 0 Å². The van der Waals surface area contributed by atoms with Gasteiger partial charge in [0.25, 0.3) is 0 Å². The fourth-order valence-corrected chi connectivity index (χ4v) is 1.24. The second-order valence-corrected chi connectivity index (χ2v) is 3.25. The number of carbonyl (C=O) groups is 1. The fraction of sp³-hybridized carbons (Fsp3) is 0.300. The fourth-order valence-electron chi connectivity index (χ4n) is 1.24. The van der Waals surface area contributed by atoms with Gasteiger partial charge in [-0.3, -0.25) is 16.1 Å². The van der Waals surface area contributed by atoms with Crippen molar-refractivity contribution in [3.05, 3.63) is 29.3 Å². The summed E-state index contributed by atoms with van der Waals surface area (Å²) in [6, 6.07) is 5.86.